The molecule has 0 saturated carbocycles. The summed E-state index contributed by atoms with van der Waals surface area (Å²) in [5.74, 6) is 0. The van der Waals surface area contributed by atoms with Crippen molar-refractivity contribution in [1.29, 1.82) is 5.26 Å². The summed E-state index contributed by atoms with van der Waals surface area (Å²) in [4.78, 5) is 2.53. The molecule has 9 heteroatoms. The molecule has 1 aromatic rings. The first-order valence-electron chi connectivity index (χ1n) is 3.60. The van der Waals surface area contributed by atoms with Gasteiger partial charge in [-0.3, -0.25) is 0 Å². The highest BCUT2D eigenvalue weighted by atomic mass is 79.9. The third-order valence-corrected chi connectivity index (χ3v) is 3.62. The monoisotopic (exact) mass is 330 g/mol. The second-order valence-electron chi connectivity index (χ2n) is 2.56. The Morgan fingerprint density at radius 1 is 1.56 bits per heavy atom. The Morgan fingerprint density at radius 3 is 2.50 bits per heavy atom. The van der Waals surface area contributed by atoms with Crippen LogP contribution in [-0.4, -0.2) is 13.4 Å². The van der Waals surface area contributed by atoms with Gasteiger partial charge in [-0.25, -0.2) is 22.2 Å². The first-order chi connectivity index (χ1) is 7.29. The number of rotatable bonds is 2. The largest absolute Gasteiger partial charge is 0.267 e. The summed E-state index contributed by atoms with van der Waals surface area (Å²) < 4.78 is 47.1. The minimum atomic E-state index is -4.44. The van der Waals surface area contributed by atoms with Gasteiger partial charge in [0, 0.05) is 16.9 Å². The molecule has 0 aromatic carbocycles. The molecule has 16 heavy (non-hydrogen) atoms. The number of nitriles is 1. The van der Waals surface area contributed by atoms with Crippen molar-refractivity contribution in [2.75, 3.05) is 0 Å². The molecule has 0 aliphatic carbocycles. The lowest BCUT2D eigenvalue weighted by Gasteiger charge is -2.08. The van der Waals surface area contributed by atoms with E-state index in [0.717, 1.165) is 6.20 Å². The third-order valence-electron chi connectivity index (χ3n) is 1.60. The molecule has 1 heterocycles. The zero-order valence-electron chi connectivity index (χ0n) is 7.29. The maximum Gasteiger partial charge on any atom is 0.267 e. The molecule has 4 nitrogen and oxygen atoms in total. The Morgan fingerprint density at radius 2 is 2.12 bits per heavy atom. The summed E-state index contributed by atoms with van der Waals surface area (Å²) in [5, 5.41) is 8.61. The lowest BCUT2D eigenvalue weighted by atomic mass is 10.2. The van der Waals surface area contributed by atoms with Crippen molar-refractivity contribution in [3.8, 4) is 6.07 Å². The topological polar surface area (TPSA) is 70.8 Å². The standard InChI is InChI=1S/C7H2BrClF2N2O2S/c8-6-4(7(10)11)5(16(9,14)15)3(1-12)2-13-6/h2,7H. The van der Waals surface area contributed by atoms with Gasteiger partial charge in [0.05, 0.1) is 11.1 Å². The minimum absolute atomic E-state index is 0.360. The van der Waals surface area contributed by atoms with Crippen molar-refractivity contribution < 1.29 is 17.2 Å². The fourth-order valence-electron chi connectivity index (χ4n) is 1.02. The van der Waals surface area contributed by atoms with Gasteiger partial charge < -0.3 is 0 Å². The molecule has 86 valence electrons. The molecule has 0 saturated heterocycles. The Balaban J connectivity index is 3.79. The number of aromatic nitrogens is 1. The SMILES string of the molecule is N#Cc1cnc(Br)c(C(F)F)c1S(=O)(=O)Cl. The molecule has 0 aliphatic rings. The lowest BCUT2D eigenvalue weighted by Crippen LogP contribution is -2.05. The second-order valence-corrected chi connectivity index (χ2v) is 5.81. The van der Waals surface area contributed by atoms with Crippen LogP contribution in [0.2, 0.25) is 0 Å². The molecule has 0 atom stereocenters. The molecule has 0 amide bonds. The molecule has 0 radical (unpaired) electrons. The van der Waals surface area contributed by atoms with Crippen molar-refractivity contribution in [2.24, 2.45) is 0 Å². The van der Waals surface area contributed by atoms with Crippen LogP contribution in [0.3, 0.4) is 0 Å². The van der Waals surface area contributed by atoms with Crippen LogP contribution in [0.4, 0.5) is 8.78 Å². The van der Waals surface area contributed by atoms with Gasteiger partial charge in [0.1, 0.15) is 15.6 Å². The second kappa shape index (κ2) is 4.61. The lowest BCUT2D eigenvalue weighted by molar-refractivity contribution is 0.146. The molecule has 1 aromatic heterocycles. The molecular formula is C7H2BrClF2N2O2S. The molecule has 0 bridgehead atoms. The number of hydrogen-bond acceptors (Lipinski definition) is 4. The van der Waals surface area contributed by atoms with Crippen molar-refractivity contribution in [2.45, 2.75) is 11.3 Å². The first kappa shape index (κ1) is 13.3. The first-order valence-corrected chi connectivity index (χ1v) is 6.70. The zero-order valence-corrected chi connectivity index (χ0v) is 10.4. The Kier molecular flexibility index (Phi) is 3.83. The van der Waals surface area contributed by atoms with Crippen LogP contribution in [0.15, 0.2) is 15.7 Å². The molecule has 0 fully saturated rings. The maximum atomic E-state index is 12.6. The van der Waals surface area contributed by atoms with Crippen LogP contribution in [0, 0.1) is 11.3 Å². The van der Waals surface area contributed by atoms with Crippen LogP contribution in [0.5, 0.6) is 0 Å². The highest BCUT2D eigenvalue weighted by Crippen LogP contribution is 2.35. The van der Waals surface area contributed by atoms with E-state index < -0.39 is 31.5 Å². The highest BCUT2D eigenvalue weighted by molar-refractivity contribution is 9.10. The number of hydrogen-bond donors (Lipinski definition) is 0. The molecule has 0 N–H and O–H groups in total. The quantitative estimate of drug-likeness (QED) is 0.617. The molecule has 0 spiro atoms. The highest BCUT2D eigenvalue weighted by Gasteiger charge is 2.28. The number of alkyl halides is 2. The van der Waals surface area contributed by atoms with E-state index in [4.69, 9.17) is 15.9 Å². The van der Waals surface area contributed by atoms with Crippen LogP contribution in [-0.2, 0) is 9.05 Å². The Bertz CT molecular complexity index is 570. The van der Waals surface area contributed by atoms with Crippen LogP contribution < -0.4 is 0 Å². The minimum Gasteiger partial charge on any atom is -0.247 e. The molecular weight excluding hydrogens is 330 g/mol. The van der Waals surface area contributed by atoms with E-state index in [0.29, 0.717) is 0 Å². The van der Waals surface area contributed by atoms with E-state index in [9.17, 15) is 17.2 Å². The average molecular weight is 332 g/mol. The van der Waals surface area contributed by atoms with Gasteiger partial charge in [-0.15, -0.1) is 0 Å². The molecule has 1 rings (SSSR count). The Labute approximate surface area is 102 Å². The summed E-state index contributed by atoms with van der Waals surface area (Å²) in [6.45, 7) is 0. The summed E-state index contributed by atoms with van der Waals surface area (Å²) in [6.07, 6.45) is -2.26. The normalized spacial score (nSPS) is 11.5. The van der Waals surface area contributed by atoms with Gasteiger partial charge in [-0.05, 0) is 15.9 Å². The average Bonchev–Trinajstić information content (AvgIpc) is 2.15. The van der Waals surface area contributed by atoms with Gasteiger partial charge in [0.15, 0.2) is 0 Å². The maximum absolute atomic E-state index is 12.6. The summed E-state index contributed by atoms with van der Waals surface area (Å²) in [6, 6.07) is 1.44. The van der Waals surface area contributed by atoms with E-state index in [1.54, 1.807) is 0 Å². The van der Waals surface area contributed by atoms with Crippen molar-refractivity contribution in [3.63, 3.8) is 0 Å². The number of halogens is 4. The van der Waals surface area contributed by atoms with E-state index in [1.807, 2.05) is 0 Å². The van der Waals surface area contributed by atoms with Crippen molar-refractivity contribution in [3.05, 3.63) is 21.9 Å². The zero-order chi connectivity index (χ0) is 12.5. The predicted octanol–water partition coefficient (Wildman–Crippen LogP) is 2.58. The van der Waals surface area contributed by atoms with Crippen LogP contribution >= 0.6 is 26.6 Å². The van der Waals surface area contributed by atoms with Gasteiger partial charge in [0.2, 0.25) is 0 Å². The van der Waals surface area contributed by atoms with Gasteiger partial charge >= 0.3 is 0 Å². The van der Waals surface area contributed by atoms with E-state index in [2.05, 4.69) is 20.9 Å². The summed E-state index contributed by atoms with van der Waals surface area (Å²) >= 11 is 2.68. The number of nitrogens with zero attached hydrogens (tertiary/aromatic N) is 2. The van der Waals surface area contributed by atoms with Gasteiger partial charge in [-0.1, -0.05) is 0 Å². The summed E-state index contributed by atoms with van der Waals surface area (Å²) in [7, 11) is 0.559. The van der Waals surface area contributed by atoms with Crippen molar-refractivity contribution >= 4 is 35.7 Å². The van der Waals surface area contributed by atoms with Gasteiger partial charge in [-0.2, -0.15) is 5.26 Å². The third kappa shape index (κ3) is 2.48. The van der Waals surface area contributed by atoms with E-state index in [1.165, 1.54) is 6.07 Å². The fraction of sp³-hybridized carbons (Fsp3) is 0.143. The van der Waals surface area contributed by atoms with Crippen molar-refractivity contribution in [1.82, 2.24) is 4.98 Å². The number of pyridine rings is 1. The van der Waals surface area contributed by atoms with E-state index >= 15 is 0 Å². The summed E-state index contributed by atoms with van der Waals surface area (Å²) in [5.41, 5.74) is -1.43. The molecule has 0 aliphatic heterocycles. The van der Waals surface area contributed by atoms with Gasteiger partial charge in [0.25, 0.3) is 15.5 Å². The fourth-order valence-corrected chi connectivity index (χ4v) is 2.93. The predicted molar refractivity (Wildman–Crippen MR) is 54.6 cm³/mol. The Hall–Kier alpha value is -0.780. The van der Waals surface area contributed by atoms with Crippen LogP contribution in [0.25, 0.3) is 0 Å². The molecule has 0 unspecified atom stereocenters. The van der Waals surface area contributed by atoms with E-state index in [-0.39, 0.29) is 4.60 Å². The van der Waals surface area contributed by atoms with Crippen LogP contribution in [0.1, 0.15) is 17.6 Å². The smallest absolute Gasteiger partial charge is 0.247 e.